The van der Waals surface area contributed by atoms with Crippen LogP contribution in [0.4, 0.5) is 27.6 Å². The van der Waals surface area contributed by atoms with E-state index in [9.17, 15) is 26.7 Å². The molecule has 0 bridgehead atoms. The number of amides is 1. The first kappa shape index (κ1) is 24.2. The Hall–Kier alpha value is -3.53. The number of halogens is 5. The van der Waals surface area contributed by atoms with Crippen molar-refractivity contribution in [3.8, 4) is 17.0 Å². The zero-order valence-electron chi connectivity index (χ0n) is 18.9. The minimum Gasteiger partial charge on any atom is -0.483 e. The smallest absolute Gasteiger partial charge is 0.422 e. The highest BCUT2D eigenvalue weighted by Gasteiger charge is 2.35. The molecule has 1 saturated heterocycles. The number of ether oxygens (including phenoxy) is 2. The van der Waals surface area contributed by atoms with E-state index in [1.54, 1.807) is 6.07 Å². The maximum absolute atomic E-state index is 14.0. The van der Waals surface area contributed by atoms with Crippen LogP contribution in [0.2, 0.25) is 0 Å². The first-order chi connectivity index (χ1) is 17.2. The van der Waals surface area contributed by atoms with E-state index < -0.39 is 24.4 Å². The van der Waals surface area contributed by atoms with Crippen molar-refractivity contribution < 1.29 is 36.2 Å². The highest BCUT2D eigenvalue weighted by molar-refractivity contribution is 6.11. The van der Waals surface area contributed by atoms with Crippen LogP contribution in [0.5, 0.6) is 5.75 Å². The second-order valence-electron chi connectivity index (χ2n) is 8.75. The van der Waals surface area contributed by atoms with Gasteiger partial charge in [-0.1, -0.05) is 0 Å². The van der Waals surface area contributed by atoms with Crippen LogP contribution in [-0.2, 0) is 11.3 Å². The molecule has 0 unspecified atom stereocenters. The number of hydrogen-bond acceptors (Lipinski definition) is 4. The zero-order valence-corrected chi connectivity index (χ0v) is 18.9. The lowest BCUT2D eigenvalue weighted by Crippen LogP contribution is -2.23. The standard InChI is InChI=1S/C26H21F5N2O3/c27-16-3-6-18(7-4-16)33-12-21-20(25(33)34)11-22(15-2-1-9-35-13-15)32-24(21)19-8-5-17(28)10-23(19)36-14-26(29,30)31/h3-8,10-11,15H,1-2,9,12-14H2/t15-/m0/s1. The predicted molar refractivity (Wildman–Crippen MR) is 121 cm³/mol. The fraction of sp³-hybridized carbons (Fsp3) is 0.308. The largest absolute Gasteiger partial charge is 0.483 e. The molecule has 0 saturated carbocycles. The SMILES string of the molecule is O=C1c2cc([C@H]3CCCOC3)nc(-c3ccc(F)cc3OCC(F)(F)F)c2CN1c1ccc(F)cc1. The number of alkyl halides is 3. The van der Waals surface area contributed by atoms with Gasteiger partial charge in [-0.2, -0.15) is 13.2 Å². The fourth-order valence-electron chi connectivity index (χ4n) is 4.52. The van der Waals surface area contributed by atoms with Gasteiger partial charge in [0, 0.05) is 46.7 Å². The van der Waals surface area contributed by atoms with Gasteiger partial charge in [0.25, 0.3) is 5.91 Å². The maximum Gasteiger partial charge on any atom is 0.422 e. The summed E-state index contributed by atoms with van der Waals surface area (Å²) in [4.78, 5) is 19.6. The van der Waals surface area contributed by atoms with Crippen molar-refractivity contribution in [2.45, 2.75) is 31.5 Å². The van der Waals surface area contributed by atoms with Gasteiger partial charge < -0.3 is 14.4 Å². The van der Waals surface area contributed by atoms with Gasteiger partial charge in [0.05, 0.1) is 18.8 Å². The van der Waals surface area contributed by atoms with Crippen molar-refractivity contribution in [3.63, 3.8) is 0 Å². The predicted octanol–water partition coefficient (Wildman–Crippen LogP) is 6.02. The van der Waals surface area contributed by atoms with Crippen molar-refractivity contribution in [2.75, 3.05) is 24.7 Å². The van der Waals surface area contributed by atoms with Gasteiger partial charge in [0.2, 0.25) is 0 Å². The summed E-state index contributed by atoms with van der Waals surface area (Å²) in [6, 6.07) is 10.4. The van der Waals surface area contributed by atoms with Crippen molar-refractivity contribution in [1.82, 2.24) is 4.98 Å². The summed E-state index contributed by atoms with van der Waals surface area (Å²) in [6.45, 7) is -0.553. The molecular weight excluding hydrogens is 483 g/mol. The molecule has 2 aliphatic heterocycles. The van der Waals surface area contributed by atoms with E-state index in [0.29, 0.717) is 35.7 Å². The van der Waals surface area contributed by atoms with E-state index >= 15 is 0 Å². The van der Waals surface area contributed by atoms with E-state index in [0.717, 1.165) is 25.0 Å². The van der Waals surface area contributed by atoms with Crippen LogP contribution in [-0.4, -0.2) is 36.9 Å². The molecule has 1 amide bonds. The molecule has 0 N–H and O–H groups in total. The van der Waals surface area contributed by atoms with Gasteiger partial charge in [-0.05, 0) is 55.3 Å². The summed E-state index contributed by atoms with van der Waals surface area (Å²) in [5.74, 6) is -2.02. The van der Waals surface area contributed by atoms with E-state index in [4.69, 9.17) is 14.5 Å². The van der Waals surface area contributed by atoms with Gasteiger partial charge >= 0.3 is 6.18 Å². The van der Waals surface area contributed by atoms with Crippen molar-refractivity contribution >= 4 is 11.6 Å². The Morgan fingerprint density at radius 2 is 1.78 bits per heavy atom. The molecule has 188 valence electrons. The third-order valence-corrected chi connectivity index (χ3v) is 6.24. The number of aromatic nitrogens is 1. The minimum atomic E-state index is -4.63. The third kappa shape index (κ3) is 4.90. The van der Waals surface area contributed by atoms with Crippen molar-refractivity contribution in [1.29, 1.82) is 0 Å². The number of nitrogens with zero attached hydrogens (tertiary/aromatic N) is 2. The lowest BCUT2D eigenvalue weighted by Gasteiger charge is -2.23. The Labute approximate surface area is 203 Å². The molecule has 0 radical (unpaired) electrons. The Morgan fingerprint density at radius 1 is 1.03 bits per heavy atom. The van der Waals surface area contributed by atoms with Crippen LogP contribution in [0.1, 0.15) is 40.4 Å². The summed E-state index contributed by atoms with van der Waals surface area (Å²) in [6.07, 6.45) is -3.07. The second-order valence-corrected chi connectivity index (χ2v) is 8.75. The van der Waals surface area contributed by atoms with Gasteiger partial charge in [0.15, 0.2) is 6.61 Å². The molecule has 5 rings (SSSR count). The number of benzene rings is 2. The average molecular weight is 504 g/mol. The molecule has 1 atom stereocenters. The van der Waals surface area contributed by atoms with E-state index in [2.05, 4.69) is 0 Å². The zero-order chi connectivity index (χ0) is 25.4. The number of carbonyl (C=O) groups excluding carboxylic acids is 1. The summed E-state index contributed by atoms with van der Waals surface area (Å²) < 4.78 is 76.7. The number of fused-ring (bicyclic) bond motifs is 1. The Morgan fingerprint density at radius 3 is 2.47 bits per heavy atom. The molecule has 3 heterocycles. The normalized spacial score (nSPS) is 17.9. The van der Waals surface area contributed by atoms with Crippen LogP contribution in [0, 0.1) is 11.6 Å². The van der Waals surface area contributed by atoms with Crippen LogP contribution in [0.3, 0.4) is 0 Å². The number of rotatable bonds is 5. The van der Waals surface area contributed by atoms with E-state index in [1.807, 2.05) is 0 Å². The molecule has 36 heavy (non-hydrogen) atoms. The summed E-state index contributed by atoms with van der Waals surface area (Å²) in [5, 5.41) is 0. The minimum absolute atomic E-state index is 0.0552. The molecule has 3 aromatic rings. The highest BCUT2D eigenvalue weighted by atomic mass is 19.4. The first-order valence-corrected chi connectivity index (χ1v) is 11.4. The molecule has 1 fully saturated rings. The monoisotopic (exact) mass is 504 g/mol. The molecule has 1 aromatic heterocycles. The first-order valence-electron chi connectivity index (χ1n) is 11.4. The number of carbonyl (C=O) groups is 1. The van der Waals surface area contributed by atoms with Crippen molar-refractivity contribution in [3.05, 3.63) is 77.0 Å². The lowest BCUT2D eigenvalue weighted by molar-refractivity contribution is -0.153. The van der Waals surface area contributed by atoms with Crippen LogP contribution in [0.15, 0.2) is 48.5 Å². The molecule has 0 aliphatic carbocycles. The van der Waals surface area contributed by atoms with Gasteiger partial charge in [-0.15, -0.1) is 0 Å². The van der Waals surface area contributed by atoms with Crippen LogP contribution < -0.4 is 9.64 Å². The molecule has 2 aliphatic rings. The summed E-state index contributed by atoms with van der Waals surface area (Å²) >= 11 is 0. The highest BCUT2D eigenvalue weighted by Crippen LogP contribution is 2.40. The maximum atomic E-state index is 14.0. The summed E-state index contributed by atoms with van der Waals surface area (Å²) in [7, 11) is 0. The Balaban J connectivity index is 1.63. The number of hydrogen-bond donors (Lipinski definition) is 0. The molecule has 5 nitrogen and oxygen atoms in total. The quantitative estimate of drug-likeness (QED) is 0.399. The van der Waals surface area contributed by atoms with E-state index in [-0.39, 0.29) is 35.4 Å². The topological polar surface area (TPSA) is 51.7 Å². The third-order valence-electron chi connectivity index (χ3n) is 6.24. The second kappa shape index (κ2) is 9.50. The Kier molecular flexibility index (Phi) is 6.38. The number of pyridine rings is 1. The van der Waals surface area contributed by atoms with Gasteiger partial charge in [-0.3, -0.25) is 9.78 Å². The molecule has 0 spiro atoms. The average Bonchev–Trinajstić information content (AvgIpc) is 3.19. The van der Waals surface area contributed by atoms with Gasteiger partial charge in [-0.25, -0.2) is 8.78 Å². The fourth-order valence-corrected chi connectivity index (χ4v) is 4.52. The lowest BCUT2D eigenvalue weighted by atomic mass is 9.94. The van der Waals surface area contributed by atoms with Crippen molar-refractivity contribution in [2.24, 2.45) is 0 Å². The van der Waals surface area contributed by atoms with Crippen LogP contribution >= 0.6 is 0 Å². The Bertz CT molecular complexity index is 1290. The van der Waals surface area contributed by atoms with E-state index in [1.165, 1.54) is 35.2 Å². The molecule has 2 aromatic carbocycles. The van der Waals surface area contributed by atoms with Gasteiger partial charge in [0.1, 0.15) is 17.4 Å². The molecule has 10 heteroatoms. The van der Waals surface area contributed by atoms with Crippen LogP contribution in [0.25, 0.3) is 11.3 Å². The number of anilines is 1. The molecular formula is C26H21F5N2O3. The summed E-state index contributed by atoms with van der Waals surface area (Å²) in [5.41, 5.74) is 2.19.